The number of ether oxygens (including phenoxy) is 1. The maximum Gasteiger partial charge on any atom is 0.407 e. The maximum atomic E-state index is 12.5. The van der Waals surface area contributed by atoms with E-state index < -0.39 is 18.1 Å². The van der Waals surface area contributed by atoms with Gasteiger partial charge in [-0.1, -0.05) is 68.5 Å². The van der Waals surface area contributed by atoms with E-state index in [2.05, 4.69) is 22.8 Å². The van der Waals surface area contributed by atoms with Crippen molar-refractivity contribution in [3.63, 3.8) is 0 Å². The fourth-order valence-electron chi connectivity index (χ4n) is 5.42. The standard InChI is InChI=1S/C31H36N2O6/c1-31(2)17-27(34)24(28(35)18-31)13-7-15-32-16-8-14-26(29(36)37)33-30(38)39-19-25-22-11-5-3-9-20(22)21-10-4-6-12-23(21)25/h3-6,9-13,25-26,32H,7-8,14-19H2,1-2H3,(H,33,38)(H,36,37)/t26-/m0/s1. The Balaban J connectivity index is 1.19. The Labute approximate surface area is 228 Å². The van der Waals surface area contributed by atoms with Crippen LogP contribution in [0.1, 0.15) is 63.0 Å². The number of benzene rings is 2. The van der Waals surface area contributed by atoms with Gasteiger partial charge < -0.3 is 20.5 Å². The first-order valence-corrected chi connectivity index (χ1v) is 13.5. The zero-order valence-electron chi connectivity index (χ0n) is 22.5. The van der Waals surface area contributed by atoms with Crippen molar-refractivity contribution in [1.29, 1.82) is 0 Å². The van der Waals surface area contributed by atoms with Crippen LogP contribution >= 0.6 is 0 Å². The number of carboxylic acids is 1. The van der Waals surface area contributed by atoms with Crippen LogP contribution < -0.4 is 10.6 Å². The Kier molecular flexibility index (Phi) is 8.97. The number of rotatable bonds is 11. The largest absolute Gasteiger partial charge is 0.480 e. The molecule has 8 heteroatoms. The molecule has 0 aromatic heterocycles. The quantitative estimate of drug-likeness (QED) is 0.219. The lowest BCUT2D eigenvalue weighted by Crippen LogP contribution is -2.41. The second-order valence-electron chi connectivity index (χ2n) is 11.0. The summed E-state index contributed by atoms with van der Waals surface area (Å²) >= 11 is 0. The van der Waals surface area contributed by atoms with Crippen molar-refractivity contribution in [2.45, 2.75) is 57.9 Å². The number of Topliss-reactive ketones (excluding diaryl/α,β-unsaturated/α-hetero) is 2. The molecule has 8 nitrogen and oxygen atoms in total. The fraction of sp³-hybridized carbons (Fsp3) is 0.419. The molecule has 3 N–H and O–H groups in total. The van der Waals surface area contributed by atoms with Gasteiger partial charge in [-0.15, -0.1) is 0 Å². The summed E-state index contributed by atoms with van der Waals surface area (Å²) in [6.45, 7) is 5.06. The highest BCUT2D eigenvalue weighted by Crippen LogP contribution is 2.44. The Morgan fingerprint density at radius 1 is 1.00 bits per heavy atom. The molecular formula is C31H36N2O6. The van der Waals surface area contributed by atoms with Gasteiger partial charge in [-0.2, -0.15) is 0 Å². The first kappa shape index (κ1) is 28.2. The van der Waals surface area contributed by atoms with Crippen LogP contribution in [0, 0.1) is 5.41 Å². The average Bonchev–Trinajstić information content (AvgIpc) is 3.20. The van der Waals surface area contributed by atoms with Crippen molar-refractivity contribution in [2.75, 3.05) is 19.7 Å². The van der Waals surface area contributed by atoms with Crippen LogP contribution in [0.2, 0.25) is 0 Å². The first-order valence-electron chi connectivity index (χ1n) is 13.5. The lowest BCUT2D eigenvalue weighted by molar-refractivity contribution is -0.139. The Hall–Kier alpha value is -3.78. The molecule has 0 aliphatic heterocycles. The number of hydrogen-bond donors (Lipinski definition) is 3. The Morgan fingerprint density at radius 3 is 2.18 bits per heavy atom. The predicted octanol–water partition coefficient (Wildman–Crippen LogP) is 4.62. The summed E-state index contributed by atoms with van der Waals surface area (Å²) in [6, 6.07) is 15.0. The highest BCUT2D eigenvalue weighted by Gasteiger charge is 2.35. The molecule has 0 spiro atoms. The molecule has 206 valence electrons. The van der Waals surface area contributed by atoms with Crippen LogP contribution in [0.25, 0.3) is 11.1 Å². The smallest absolute Gasteiger partial charge is 0.407 e. The zero-order chi connectivity index (χ0) is 28.0. The second kappa shape index (κ2) is 12.4. The minimum Gasteiger partial charge on any atom is -0.480 e. The third kappa shape index (κ3) is 7.00. The number of carboxylic acid groups (broad SMARTS) is 1. The number of carbonyl (C=O) groups is 4. The zero-order valence-corrected chi connectivity index (χ0v) is 22.5. The van der Waals surface area contributed by atoms with Crippen molar-refractivity contribution in [1.82, 2.24) is 10.6 Å². The highest BCUT2D eigenvalue weighted by atomic mass is 16.5. The molecule has 39 heavy (non-hydrogen) atoms. The maximum absolute atomic E-state index is 12.5. The average molecular weight is 533 g/mol. The molecular weight excluding hydrogens is 496 g/mol. The van der Waals surface area contributed by atoms with Gasteiger partial charge in [0.2, 0.25) is 0 Å². The summed E-state index contributed by atoms with van der Waals surface area (Å²) in [6.07, 6.45) is 2.99. The van der Waals surface area contributed by atoms with Crippen LogP contribution in [-0.2, 0) is 19.1 Å². The molecule has 0 unspecified atom stereocenters. The van der Waals surface area contributed by atoms with E-state index >= 15 is 0 Å². The summed E-state index contributed by atoms with van der Waals surface area (Å²) in [5, 5.41) is 15.2. The van der Waals surface area contributed by atoms with E-state index in [1.54, 1.807) is 6.08 Å². The van der Waals surface area contributed by atoms with Gasteiger partial charge >= 0.3 is 12.1 Å². The number of hydrogen-bond acceptors (Lipinski definition) is 6. The van der Waals surface area contributed by atoms with E-state index in [9.17, 15) is 24.3 Å². The first-order chi connectivity index (χ1) is 18.7. The molecule has 1 atom stereocenters. The van der Waals surface area contributed by atoms with Gasteiger partial charge in [0, 0.05) is 18.8 Å². The fourth-order valence-corrected chi connectivity index (χ4v) is 5.42. The van der Waals surface area contributed by atoms with Crippen molar-refractivity contribution in [3.8, 4) is 11.1 Å². The predicted molar refractivity (Wildman–Crippen MR) is 147 cm³/mol. The van der Waals surface area contributed by atoms with E-state index in [4.69, 9.17) is 4.74 Å². The van der Waals surface area contributed by atoms with E-state index in [1.165, 1.54) is 0 Å². The van der Waals surface area contributed by atoms with Gasteiger partial charge in [-0.25, -0.2) is 9.59 Å². The molecule has 4 rings (SSSR count). The van der Waals surface area contributed by atoms with Gasteiger partial charge in [0.05, 0.1) is 5.57 Å². The van der Waals surface area contributed by atoms with Crippen molar-refractivity contribution in [2.24, 2.45) is 5.41 Å². The molecule has 1 saturated carbocycles. The molecule has 0 heterocycles. The normalized spacial score (nSPS) is 16.8. The number of carbonyl (C=O) groups excluding carboxylic acids is 3. The van der Waals surface area contributed by atoms with Crippen LogP contribution in [0.5, 0.6) is 0 Å². The third-order valence-corrected chi connectivity index (χ3v) is 7.33. The van der Waals surface area contributed by atoms with Gasteiger partial charge in [0.25, 0.3) is 0 Å². The van der Waals surface area contributed by atoms with E-state index in [0.717, 1.165) is 22.3 Å². The second-order valence-corrected chi connectivity index (χ2v) is 11.0. The summed E-state index contributed by atoms with van der Waals surface area (Å²) in [7, 11) is 0. The van der Waals surface area contributed by atoms with E-state index in [1.807, 2.05) is 50.2 Å². The Bertz CT molecular complexity index is 1210. The molecule has 2 aromatic rings. The summed E-state index contributed by atoms with van der Waals surface area (Å²) < 4.78 is 5.48. The Morgan fingerprint density at radius 2 is 1.59 bits per heavy atom. The van der Waals surface area contributed by atoms with Gasteiger partial charge in [-0.05, 0) is 60.0 Å². The summed E-state index contributed by atoms with van der Waals surface area (Å²) in [5.41, 5.74) is 4.44. The molecule has 2 aliphatic rings. The summed E-state index contributed by atoms with van der Waals surface area (Å²) in [4.78, 5) is 48.7. The van der Waals surface area contributed by atoms with Crippen LogP contribution in [0.15, 0.2) is 60.2 Å². The minimum atomic E-state index is -1.12. The van der Waals surface area contributed by atoms with Gasteiger partial charge in [-0.3, -0.25) is 9.59 Å². The highest BCUT2D eigenvalue weighted by molar-refractivity contribution is 6.22. The number of fused-ring (bicyclic) bond motifs is 3. The number of ketones is 2. The molecule has 1 fully saturated rings. The summed E-state index contributed by atoms with van der Waals surface area (Å²) in [5.74, 6) is -1.42. The van der Waals surface area contributed by atoms with Crippen molar-refractivity contribution >= 4 is 23.6 Å². The van der Waals surface area contributed by atoms with Crippen LogP contribution in [0.3, 0.4) is 0 Å². The van der Waals surface area contributed by atoms with Gasteiger partial charge in [0.1, 0.15) is 12.6 Å². The minimum absolute atomic E-state index is 0.0974. The lowest BCUT2D eigenvalue weighted by atomic mass is 9.74. The third-order valence-electron chi connectivity index (χ3n) is 7.33. The molecule has 2 aromatic carbocycles. The SMILES string of the molecule is CC1(C)CC(=O)C(=CCCNCCC[C@H](NC(=O)OCC2c3ccccc3-c3ccccc32)C(=O)O)C(=O)C1. The number of allylic oxidation sites excluding steroid dienone is 1. The topological polar surface area (TPSA) is 122 Å². The molecule has 1 amide bonds. The molecule has 0 bridgehead atoms. The number of alkyl carbamates (subject to hydrolysis) is 1. The molecule has 0 radical (unpaired) electrons. The van der Waals surface area contributed by atoms with E-state index in [-0.39, 0.29) is 35.9 Å². The van der Waals surface area contributed by atoms with Crippen molar-refractivity contribution < 1.29 is 29.0 Å². The van der Waals surface area contributed by atoms with E-state index in [0.29, 0.717) is 44.3 Å². The molecule has 0 saturated heterocycles. The number of nitrogens with one attached hydrogen (secondary N) is 2. The van der Waals surface area contributed by atoms with Crippen LogP contribution in [0.4, 0.5) is 4.79 Å². The lowest BCUT2D eigenvalue weighted by Gasteiger charge is -2.28. The number of aliphatic carboxylic acids is 1. The number of amides is 1. The monoisotopic (exact) mass is 532 g/mol. The van der Waals surface area contributed by atoms with Crippen LogP contribution in [-0.4, -0.2) is 54.5 Å². The molecule has 2 aliphatic carbocycles. The van der Waals surface area contributed by atoms with Crippen molar-refractivity contribution in [3.05, 3.63) is 71.3 Å². The van der Waals surface area contributed by atoms with Gasteiger partial charge in [0.15, 0.2) is 11.6 Å².